The molecule has 1 aliphatic heterocycles. The van der Waals surface area contributed by atoms with Gasteiger partial charge in [0.2, 0.25) is 0 Å². The van der Waals surface area contributed by atoms with Crippen LogP contribution >= 0.6 is 0 Å². The molecule has 6 heteroatoms. The first-order valence-corrected chi connectivity index (χ1v) is 10.8. The summed E-state index contributed by atoms with van der Waals surface area (Å²) in [6.07, 6.45) is 4.64. The first kappa shape index (κ1) is 20.7. The first-order chi connectivity index (χ1) is 14.6. The zero-order valence-corrected chi connectivity index (χ0v) is 18.0. The maximum atomic E-state index is 6.17. The number of nitrogen functional groups attached to an aromatic ring is 1. The first-order valence-electron chi connectivity index (χ1n) is 10.8. The van der Waals surface area contributed by atoms with E-state index < -0.39 is 0 Å². The number of piperidine rings is 1. The molecule has 2 aromatic carbocycles. The van der Waals surface area contributed by atoms with E-state index in [1.165, 1.54) is 19.3 Å². The topological polar surface area (TPSA) is 76.6 Å². The quantitative estimate of drug-likeness (QED) is 0.549. The van der Waals surface area contributed by atoms with Gasteiger partial charge in [-0.2, -0.15) is 0 Å². The van der Waals surface area contributed by atoms with Gasteiger partial charge in [0.25, 0.3) is 0 Å². The predicted molar refractivity (Wildman–Crippen MR) is 121 cm³/mol. The predicted octanol–water partition coefficient (Wildman–Crippen LogP) is 3.98. The summed E-state index contributed by atoms with van der Waals surface area (Å²) in [7, 11) is 4.11. The molecular weight excluding hydrogens is 376 g/mol. The van der Waals surface area contributed by atoms with E-state index in [1.807, 2.05) is 24.3 Å². The third-order valence-electron chi connectivity index (χ3n) is 5.87. The number of anilines is 1. The van der Waals surface area contributed by atoms with Gasteiger partial charge in [-0.3, -0.25) is 0 Å². The van der Waals surface area contributed by atoms with Gasteiger partial charge in [0.1, 0.15) is 12.4 Å². The molecule has 0 amide bonds. The smallest absolute Gasteiger partial charge is 0.175 e. The van der Waals surface area contributed by atoms with Gasteiger partial charge in [-0.25, -0.2) is 0 Å². The molecule has 2 heterocycles. The molecule has 0 saturated carbocycles. The molecular formula is C24H32N4O2. The minimum atomic E-state index is 0.489. The molecule has 6 nitrogen and oxygen atoms in total. The minimum Gasteiger partial charge on any atom is -0.488 e. The van der Waals surface area contributed by atoms with Gasteiger partial charge >= 0.3 is 0 Å². The molecule has 0 aliphatic carbocycles. The number of aryl methyl sites for hydroxylation is 1. The molecule has 4 rings (SSSR count). The summed E-state index contributed by atoms with van der Waals surface area (Å²) in [5.41, 5.74) is 10.6. The fourth-order valence-corrected chi connectivity index (χ4v) is 4.16. The van der Waals surface area contributed by atoms with E-state index in [4.69, 9.17) is 15.0 Å². The minimum absolute atomic E-state index is 0.489. The average Bonchev–Trinajstić information content (AvgIpc) is 3.17. The molecule has 30 heavy (non-hydrogen) atoms. The van der Waals surface area contributed by atoms with Crippen LogP contribution in [0.1, 0.15) is 36.1 Å². The second kappa shape index (κ2) is 9.49. The van der Waals surface area contributed by atoms with Gasteiger partial charge in [0.05, 0.1) is 11.3 Å². The highest BCUT2D eigenvalue weighted by Crippen LogP contribution is 2.32. The van der Waals surface area contributed by atoms with Crippen LogP contribution in [0.25, 0.3) is 11.0 Å². The van der Waals surface area contributed by atoms with Crippen LogP contribution < -0.4 is 15.8 Å². The van der Waals surface area contributed by atoms with Gasteiger partial charge < -0.3 is 25.2 Å². The van der Waals surface area contributed by atoms with E-state index >= 15 is 0 Å². The number of nitrogens with one attached hydrogen (secondary N) is 1. The third-order valence-corrected chi connectivity index (χ3v) is 5.87. The second-order valence-electron chi connectivity index (χ2n) is 8.55. The Bertz CT molecular complexity index is 959. The molecule has 3 aromatic rings. The highest BCUT2D eigenvalue weighted by atomic mass is 16.5. The fourth-order valence-electron chi connectivity index (χ4n) is 4.16. The van der Waals surface area contributed by atoms with E-state index in [9.17, 15) is 0 Å². The summed E-state index contributed by atoms with van der Waals surface area (Å²) in [4.78, 5) is 2.13. The van der Waals surface area contributed by atoms with Crippen LogP contribution in [0.4, 0.5) is 5.69 Å². The zero-order valence-electron chi connectivity index (χ0n) is 18.0. The molecule has 0 atom stereocenters. The van der Waals surface area contributed by atoms with Crippen LogP contribution in [0, 0.1) is 5.92 Å². The van der Waals surface area contributed by atoms with Crippen molar-refractivity contribution in [1.82, 2.24) is 15.4 Å². The van der Waals surface area contributed by atoms with Crippen LogP contribution in [0.15, 0.2) is 40.9 Å². The molecule has 1 aromatic heterocycles. The number of hydrogen-bond acceptors (Lipinski definition) is 6. The zero-order chi connectivity index (χ0) is 20.9. The van der Waals surface area contributed by atoms with Crippen LogP contribution in [-0.4, -0.2) is 37.2 Å². The largest absolute Gasteiger partial charge is 0.488 e. The maximum absolute atomic E-state index is 6.17. The lowest BCUT2D eigenvalue weighted by Crippen LogP contribution is -2.27. The Morgan fingerprint density at radius 2 is 1.90 bits per heavy atom. The van der Waals surface area contributed by atoms with Crippen molar-refractivity contribution in [1.29, 1.82) is 0 Å². The molecule has 3 N–H and O–H groups in total. The number of benzene rings is 2. The lowest BCUT2D eigenvalue weighted by Gasteiger charge is -2.21. The van der Waals surface area contributed by atoms with Crippen LogP contribution in [0.2, 0.25) is 0 Å². The molecule has 0 unspecified atom stereocenters. The monoisotopic (exact) mass is 408 g/mol. The molecule has 0 radical (unpaired) electrons. The summed E-state index contributed by atoms with van der Waals surface area (Å²) >= 11 is 0. The third kappa shape index (κ3) is 4.94. The van der Waals surface area contributed by atoms with Crippen molar-refractivity contribution in [2.75, 3.05) is 32.9 Å². The molecule has 160 valence electrons. The van der Waals surface area contributed by atoms with Crippen molar-refractivity contribution in [2.45, 2.75) is 38.8 Å². The Kier molecular flexibility index (Phi) is 6.55. The molecule has 0 spiro atoms. The normalized spacial score (nSPS) is 15.2. The highest BCUT2D eigenvalue weighted by Gasteiger charge is 2.19. The fraction of sp³-hybridized carbons (Fsp3) is 0.458. The van der Waals surface area contributed by atoms with Crippen molar-refractivity contribution in [2.24, 2.45) is 5.92 Å². The molecule has 1 fully saturated rings. The Labute approximate surface area is 178 Å². The number of aromatic nitrogens is 1. The van der Waals surface area contributed by atoms with Gasteiger partial charge in [-0.15, -0.1) is 0 Å². The van der Waals surface area contributed by atoms with E-state index in [2.05, 4.69) is 41.6 Å². The van der Waals surface area contributed by atoms with E-state index in [1.54, 1.807) is 0 Å². The van der Waals surface area contributed by atoms with Gasteiger partial charge in [0, 0.05) is 17.6 Å². The molecule has 1 aliphatic rings. The molecule has 1 saturated heterocycles. The van der Waals surface area contributed by atoms with Crippen molar-refractivity contribution >= 4 is 16.7 Å². The van der Waals surface area contributed by atoms with Crippen molar-refractivity contribution in [3.63, 3.8) is 0 Å². The van der Waals surface area contributed by atoms with E-state index in [0.717, 1.165) is 71.2 Å². The van der Waals surface area contributed by atoms with E-state index in [0.29, 0.717) is 6.61 Å². The number of ether oxygens (including phenoxy) is 1. The van der Waals surface area contributed by atoms with Gasteiger partial charge in [0.15, 0.2) is 5.58 Å². The Hall–Kier alpha value is -2.57. The summed E-state index contributed by atoms with van der Waals surface area (Å²) in [5.74, 6) is 1.62. The number of hydrogen-bond donors (Lipinski definition) is 2. The summed E-state index contributed by atoms with van der Waals surface area (Å²) < 4.78 is 12.0. The van der Waals surface area contributed by atoms with Crippen LogP contribution in [-0.2, 0) is 19.6 Å². The van der Waals surface area contributed by atoms with Crippen molar-refractivity contribution in [3.8, 4) is 5.75 Å². The maximum Gasteiger partial charge on any atom is 0.175 e. The van der Waals surface area contributed by atoms with E-state index in [-0.39, 0.29) is 0 Å². The number of fused-ring (bicyclic) bond motifs is 1. The lowest BCUT2D eigenvalue weighted by molar-refractivity contribution is 0.294. The summed E-state index contributed by atoms with van der Waals surface area (Å²) in [5, 5.41) is 8.99. The van der Waals surface area contributed by atoms with Crippen molar-refractivity contribution < 1.29 is 9.26 Å². The Morgan fingerprint density at radius 3 is 2.63 bits per heavy atom. The Morgan fingerprint density at radius 1 is 1.13 bits per heavy atom. The number of nitrogens with two attached hydrogens (primary N) is 1. The van der Waals surface area contributed by atoms with Crippen LogP contribution in [0.3, 0.4) is 0 Å². The number of rotatable bonds is 8. The van der Waals surface area contributed by atoms with Crippen molar-refractivity contribution in [3.05, 3.63) is 53.2 Å². The average molecular weight is 409 g/mol. The summed E-state index contributed by atoms with van der Waals surface area (Å²) in [6, 6.07) is 11.9. The highest BCUT2D eigenvalue weighted by molar-refractivity contribution is 5.84. The number of nitrogens with zero attached hydrogens (tertiary/aromatic N) is 2. The standard InChI is InChI=1S/C24H32N4O2/c1-28(2)15-21-23(29-16-18-3-6-19(25)7-4-18)10-8-20-22(27-30-24(20)21)9-5-17-11-13-26-14-12-17/h3-4,6-8,10,17,26H,5,9,11-16,25H2,1-2H3. The van der Waals surface area contributed by atoms with Crippen LogP contribution in [0.5, 0.6) is 5.75 Å². The Balaban J connectivity index is 1.53. The molecule has 0 bridgehead atoms. The lowest BCUT2D eigenvalue weighted by atomic mass is 9.92. The van der Waals surface area contributed by atoms with Gasteiger partial charge in [-0.05, 0) is 88.6 Å². The second-order valence-corrected chi connectivity index (χ2v) is 8.55. The van der Waals surface area contributed by atoms with Gasteiger partial charge in [-0.1, -0.05) is 17.3 Å². The SMILES string of the molecule is CN(C)Cc1c(OCc2ccc(N)cc2)ccc2c(CCC3CCNCC3)noc12. The summed E-state index contributed by atoms with van der Waals surface area (Å²) in [6.45, 7) is 3.48.